The van der Waals surface area contributed by atoms with Crippen molar-refractivity contribution in [1.82, 2.24) is 4.31 Å². The number of rotatable bonds is 4. The third-order valence-electron chi connectivity index (χ3n) is 1.91. The standard InChI is InChI=1S/C10H12Cl3NS/c1-3-14(4-2)15-10-6-8(12)7(11)5-9(10)13/h5-6H,3-4H2,1-2H3. The van der Waals surface area contributed by atoms with Crippen molar-refractivity contribution < 1.29 is 0 Å². The summed E-state index contributed by atoms with van der Waals surface area (Å²) in [6, 6.07) is 3.48. The molecule has 15 heavy (non-hydrogen) atoms. The Balaban J connectivity index is 2.89. The molecule has 1 aromatic rings. The summed E-state index contributed by atoms with van der Waals surface area (Å²) < 4.78 is 2.19. The molecule has 0 saturated heterocycles. The molecule has 0 unspecified atom stereocenters. The van der Waals surface area contributed by atoms with E-state index < -0.39 is 0 Å². The molecule has 0 atom stereocenters. The summed E-state index contributed by atoms with van der Waals surface area (Å²) in [6.45, 7) is 6.11. The van der Waals surface area contributed by atoms with Gasteiger partial charge in [-0.05, 0) is 24.1 Å². The Labute approximate surface area is 110 Å². The predicted molar refractivity (Wildman–Crippen MR) is 70.3 cm³/mol. The van der Waals surface area contributed by atoms with Crippen molar-refractivity contribution in [3.05, 3.63) is 27.2 Å². The van der Waals surface area contributed by atoms with Crippen molar-refractivity contribution in [2.24, 2.45) is 0 Å². The van der Waals surface area contributed by atoms with Crippen LogP contribution in [0.2, 0.25) is 15.1 Å². The van der Waals surface area contributed by atoms with Crippen LogP contribution < -0.4 is 0 Å². The van der Waals surface area contributed by atoms with Gasteiger partial charge in [-0.1, -0.05) is 48.7 Å². The normalized spacial score (nSPS) is 11.1. The number of hydrogen-bond acceptors (Lipinski definition) is 2. The second-order valence-corrected chi connectivity index (χ2v) is 5.26. The highest BCUT2D eigenvalue weighted by atomic mass is 35.5. The molecule has 0 aliphatic rings. The molecule has 0 radical (unpaired) electrons. The van der Waals surface area contributed by atoms with Crippen molar-refractivity contribution in [1.29, 1.82) is 0 Å². The summed E-state index contributed by atoms with van der Waals surface area (Å²) in [7, 11) is 0. The van der Waals surface area contributed by atoms with E-state index in [4.69, 9.17) is 34.8 Å². The lowest BCUT2D eigenvalue weighted by Crippen LogP contribution is -2.13. The lowest BCUT2D eigenvalue weighted by Gasteiger charge is -2.17. The first-order valence-corrected chi connectivity index (χ1v) is 6.56. The van der Waals surface area contributed by atoms with E-state index in [1.165, 1.54) is 0 Å². The molecule has 0 saturated carbocycles. The molecule has 0 bridgehead atoms. The van der Waals surface area contributed by atoms with Gasteiger partial charge in [0.1, 0.15) is 0 Å². The molecule has 0 heterocycles. The highest BCUT2D eigenvalue weighted by Gasteiger charge is 2.09. The molecule has 0 aliphatic carbocycles. The van der Waals surface area contributed by atoms with Crippen LogP contribution in [0.4, 0.5) is 0 Å². The zero-order valence-corrected chi connectivity index (χ0v) is 11.6. The van der Waals surface area contributed by atoms with E-state index in [0.717, 1.165) is 18.0 Å². The smallest absolute Gasteiger partial charge is 0.0607 e. The van der Waals surface area contributed by atoms with Gasteiger partial charge < -0.3 is 0 Å². The zero-order chi connectivity index (χ0) is 11.4. The van der Waals surface area contributed by atoms with Gasteiger partial charge in [0.15, 0.2) is 0 Å². The Hall–Kier alpha value is 0.400. The van der Waals surface area contributed by atoms with Crippen LogP contribution in [0.1, 0.15) is 13.8 Å². The van der Waals surface area contributed by atoms with E-state index in [9.17, 15) is 0 Å². The van der Waals surface area contributed by atoms with Gasteiger partial charge in [-0.25, -0.2) is 4.31 Å². The molecule has 0 aliphatic heterocycles. The van der Waals surface area contributed by atoms with E-state index in [2.05, 4.69) is 18.2 Å². The molecule has 0 N–H and O–H groups in total. The maximum Gasteiger partial charge on any atom is 0.0607 e. The summed E-state index contributed by atoms with van der Waals surface area (Å²) in [5, 5.41) is 1.67. The van der Waals surface area contributed by atoms with Crippen LogP contribution in [0.5, 0.6) is 0 Å². The quantitative estimate of drug-likeness (QED) is 0.566. The fourth-order valence-corrected chi connectivity index (χ4v) is 2.63. The summed E-state index contributed by atoms with van der Waals surface area (Å²) in [6.07, 6.45) is 0. The Kier molecular flexibility index (Phi) is 5.58. The molecule has 0 amide bonds. The van der Waals surface area contributed by atoms with E-state index in [1.54, 1.807) is 24.1 Å². The lowest BCUT2D eigenvalue weighted by molar-refractivity contribution is 0.525. The predicted octanol–water partition coefficient (Wildman–Crippen LogP) is 5.00. The van der Waals surface area contributed by atoms with Crippen LogP contribution >= 0.6 is 46.8 Å². The fourth-order valence-electron chi connectivity index (χ4n) is 1.07. The van der Waals surface area contributed by atoms with Crippen molar-refractivity contribution in [3.63, 3.8) is 0 Å². The number of benzene rings is 1. The molecule has 1 rings (SSSR count). The minimum Gasteiger partial charge on any atom is -0.247 e. The van der Waals surface area contributed by atoms with Gasteiger partial charge in [0.05, 0.1) is 15.1 Å². The minimum absolute atomic E-state index is 0.491. The SMILES string of the molecule is CCN(CC)Sc1cc(Cl)c(Cl)cc1Cl. The second kappa shape index (κ2) is 6.21. The third-order valence-corrected chi connectivity index (χ3v) is 4.36. The third kappa shape index (κ3) is 3.72. The molecule has 0 fully saturated rings. The van der Waals surface area contributed by atoms with E-state index in [0.29, 0.717) is 15.1 Å². The van der Waals surface area contributed by atoms with Crippen LogP contribution in [0.25, 0.3) is 0 Å². The van der Waals surface area contributed by atoms with Crippen LogP contribution in [0, 0.1) is 0 Å². The first kappa shape index (κ1) is 13.5. The summed E-state index contributed by atoms with van der Waals surface area (Å²) in [5.74, 6) is 0. The summed E-state index contributed by atoms with van der Waals surface area (Å²) >= 11 is 19.4. The maximum atomic E-state index is 6.07. The number of halogens is 3. The highest BCUT2D eigenvalue weighted by Crippen LogP contribution is 2.35. The van der Waals surface area contributed by atoms with Crippen molar-refractivity contribution in [3.8, 4) is 0 Å². The van der Waals surface area contributed by atoms with Crippen LogP contribution in [-0.2, 0) is 0 Å². The monoisotopic (exact) mass is 283 g/mol. The van der Waals surface area contributed by atoms with Gasteiger partial charge in [0.25, 0.3) is 0 Å². The molecule has 0 aromatic heterocycles. The van der Waals surface area contributed by atoms with E-state index in [-0.39, 0.29) is 0 Å². The summed E-state index contributed by atoms with van der Waals surface area (Å²) in [5.41, 5.74) is 0. The van der Waals surface area contributed by atoms with Gasteiger partial charge in [-0.3, -0.25) is 0 Å². The first-order valence-electron chi connectivity index (χ1n) is 4.66. The molecular formula is C10H12Cl3NS. The van der Waals surface area contributed by atoms with Crippen LogP contribution in [0.3, 0.4) is 0 Å². The van der Waals surface area contributed by atoms with Gasteiger partial charge in [-0.2, -0.15) is 0 Å². The second-order valence-electron chi connectivity index (χ2n) is 2.90. The van der Waals surface area contributed by atoms with Gasteiger partial charge in [0, 0.05) is 18.0 Å². The van der Waals surface area contributed by atoms with Crippen molar-refractivity contribution in [2.75, 3.05) is 13.1 Å². The first-order chi connectivity index (χ1) is 7.08. The van der Waals surface area contributed by atoms with E-state index in [1.807, 2.05) is 0 Å². The minimum atomic E-state index is 0.491. The Morgan fingerprint density at radius 2 is 1.53 bits per heavy atom. The Bertz CT molecular complexity index is 340. The zero-order valence-electron chi connectivity index (χ0n) is 8.56. The Morgan fingerprint density at radius 3 is 2.07 bits per heavy atom. The average Bonchev–Trinajstić information content (AvgIpc) is 2.21. The average molecular weight is 285 g/mol. The molecule has 1 aromatic carbocycles. The maximum absolute atomic E-state index is 6.07. The Morgan fingerprint density at radius 1 is 1.00 bits per heavy atom. The highest BCUT2D eigenvalue weighted by molar-refractivity contribution is 7.97. The fraction of sp³-hybridized carbons (Fsp3) is 0.400. The largest absolute Gasteiger partial charge is 0.247 e. The van der Waals surface area contributed by atoms with Crippen LogP contribution in [0.15, 0.2) is 17.0 Å². The van der Waals surface area contributed by atoms with Crippen LogP contribution in [-0.4, -0.2) is 17.4 Å². The summed E-state index contributed by atoms with van der Waals surface area (Å²) in [4.78, 5) is 0.940. The van der Waals surface area contributed by atoms with Gasteiger partial charge in [0.2, 0.25) is 0 Å². The topological polar surface area (TPSA) is 3.24 Å². The number of nitrogens with zero attached hydrogens (tertiary/aromatic N) is 1. The van der Waals surface area contributed by atoms with Crippen molar-refractivity contribution in [2.45, 2.75) is 18.7 Å². The molecule has 84 valence electrons. The molecule has 1 nitrogen and oxygen atoms in total. The van der Waals surface area contributed by atoms with Gasteiger partial charge in [-0.15, -0.1) is 0 Å². The molecule has 5 heteroatoms. The molecular weight excluding hydrogens is 273 g/mol. The lowest BCUT2D eigenvalue weighted by atomic mass is 10.4. The van der Waals surface area contributed by atoms with Gasteiger partial charge >= 0.3 is 0 Å². The van der Waals surface area contributed by atoms with E-state index >= 15 is 0 Å². The van der Waals surface area contributed by atoms with Crippen molar-refractivity contribution >= 4 is 46.8 Å². The number of hydrogen-bond donors (Lipinski definition) is 0. The molecule has 0 spiro atoms.